The molecule has 5 nitrogen and oxygen atoms in total. The predicted molar refractivity (Wildman–Crippen MR) is 95.9 cm³/mol. The molecule has 1 saturated carbocycles. The number of piperidine rings is 1. The Hall–Kier alpha value is -1.46. The predicted octanol–water partition coefficient (Wildman–Crippen LogP) is 2.32. The van der Waals surface area contributed by atoms with Gasteiger partial charge in [0, 0.05) is 26.3 Å². The second-order valence-corrected chi connectivity index (χ2v) is 8.02. The van der Waals surface area contributed by atoms with Gasteiger partial charge >= 0.3 is 0 Å². The number of likely N-dealkylation sites (tertiary alicyclic amines) is 1. The van der Waals surface area contributed by atoms with Gasteiger partial charge in [-0.15, -0.1) is 0 Å². The molecule has 1 aromatic heterocycles. The van der Waals surface area contributed by atoms with Crippen LogP contribution in [0.1, 0.15) is 37.8 Å². The average molecular weight is 343 g/mol. The second-order valence-electron chi connectivity index (χ2n) is 8.02. The van der Waals surface area contributed by atoms with Crippen LogP contribution in [0.25, 0.3) is 0 Å². The summed E-state index contributed by atoms with van der Waals surface area (Å²) in [6.07, 6.45) is 7.98. The molecule has 0 unspecified atom stereocenters. The SMILES string of the molecule is CN(Cc1ccccn1)C(=O)[C@H]1C[C@@H]2CCN(CC3CCC3)C[C@@H]2O1. The highest BCUT2D eigenvalue weighted by atomic mass is 16.5. The number of rotatable bonds is 5. The van der Waals surface area contributed by atoms with E-state index in [2.05, 4.69) is 9.88 Å². The summed E-state index contributed by atoms with van der Waals surface area (Å²) in [5.74, 6) is 1.56. The summed E-state index contributed by atoms with van der Waals surface area (Å²) in [5, 5.41) is 0. The Balaban J connectivity index is 1.29. The zero-order valence-corrected chi connectivity index (χ0v) is 15.1. The normalized spacial score (nSPS) is 29.9. The largest absolute Gasteiger partial charge is 0.364 e. The number of ether oxygens (including phenoxy) is 1. The molecule has 0 N–H and O–H groups in total. The second kappa shape index (κ2) is 7.42. The van der Waals surface area contributed by atoms with Crippen molar-refractivity contribution in [1.82, 2.24) is 14.8 Å². The van der Waals surface area contributed by atoms with Crippen molar-refractivity contribution in [2.45, 2.75) is 50.9 Å². The van der Waals surface area contributed by atoms with Gasteiger partial charge in [-0.1, -0.05) is 12.5 Å². The molecule has 3 atom stereocenters. The summed E-state index contributed by atoms with van der Waals surface area (Å²) in [6.45, 7) is 3.95. The van der Waals surface area contributed by atoms with E-state index in [1.54, 1.807) is 11.1 Å². The fraction of sp³-hybridized carbons (Fsp3) is 0.700. The highest BCUT2D eigenvalue weighted by Crippen LogP contribution is 2.35. The fourth-order valence-electron chi connectivity index (χ4n) is 4.42. The first-order valence-corrected chi connectivity index (χ1v) is 9.72. The smallest absolute Gasteiger partial charge is 0.251 e. The van der Waals surface area contributed by atoms with E-state index in [0.717, 1.165) is 24.6 Å². The molecule has 1 aliphatic carbocycles. The van der Waals surface area contributed by atoms with Crippen molar-refractivity contribution in [3.63, 3.8) is 0 Å². The maximum atomic E-state index is 12.8. The number of aromatic nitrogens is 1. The molecule has 1 amide bonds. The minimum atomic E-state index is -0.271. The summed E-state index contributed by atoms with van der Waals surface area (Å²) in [4.78, 5) is 21.4. The lowest BCUT2D eigenvalue weighted by atomic mass is 9.84. The van der Waals surface area contributed by atoms with Crippen LogP contribution in [-0.4, -0.2) is 59.6 Å². The first kappa shape index (κ1) is 17.0. The third-order valence-electron chi connectivity index (χ3n) is 6.15. The standard InChI is InChI=1S/C20H29N3O2/c1-22(13-17-7-2-3-9-21-17)20(24)18-11-16-8-10-23(14-19(16)25-18)12-15-5-4-6-15/h2-3,7,9,15-16,18-19H,4-6,8,10-14H2,1H3/t16-,18+,19-/m0/s1. The Bertz CT molecular complexity index is 590. The van der Waals surface area contributed by atoms with Crippen molar-refractivity contribution in [3.05, 3.63) is 30.1 Å². The van der Waals surface area contributed by atoms with Gasteiger partial charge in [0.2, 0.25) is 0 Å². The minimum Gasteiger partial charge on any atom is -0.364 e. The molecule has 25 heavy (non-hydrogen) atoms. The summed E-state index contributed by atoms with van der Waals surface area (Å²) >= 11 is 0. The molecule has 136 valence electrons. The van der Waals surface area contributed by atoms with Crippen molar-refractivity contribution in [1.29, 1.82) is 0 Å². The number of fused-ring (bicyclic) bond motifs is 1. The van der Waals surface area contributed by atoms with Crippen LogP contribution in [0, 0.1) is 11.8 Å². The van der Waals surface area contributed by atoms with E-state index in [-0.39, 0.29) is 18.1 Å². The molecule has 0 aromatic carbocycles. The van der Waals surface area contributed by atoms with Gasteiger partial charge in [0.25, 0.3) is 5.91 Å². The van der Waals surface area contributed by atoms with E-state index in [4.69, 9.17) is 4.74 Å². The molecule has 0 bridgehead atoms. The zero-order valence-electron chi connectivity index (χ0n) is 15.1. The summed E-state index contributed by atoms with van der Waals surface area (Å²) < 4.78 is 6.20. The highest BCUT2D eigenvalue weighted by molar-refractivity contribution is 5.81. The Morgan fingerprint density at radius 2 is 2.24 bits per heavy atom. The molecule has 4 rings (SSSR count). The van der Waals surface area contributed by atoms with E-state index >= 15 is 0 Å². The first-order valence-electron chi connectivity index (χ1n) is 9.72. The van der Waals surface area contributed by atoms with E-state index < -0.39 is 0 Å². The van der Waals surface area contributed by atoms with E-state index in [1.165, 1.54) is 38.8 Å². The van der Waals surface area contributed by atoms with Gasteiger partial charge in [-0.3, -0.25) is 9.78 Å². The lowest BCUT2D eigenvalue weighted by Crippen LogP contribution is -2.45. The Morgan fingerprint density at radius 3 is 2.96 bits per heavy atom. The molecule has 3 heterocycles. The Labute approximate surface area is 150 Å². The van der Waals surface area contributed by atoms with Crippen LogP contribution >= 0.6 is 0 Å². The average Bonchev–Trinajstić information content (AvgIpc) is 3.01. The Morgan fingerprint density at radius 1 is 1.36 bits per heavy atom. The summed E-state index contributed by atoms with van der Waals surface area (Å²) in [7, 11) is 1.85. The van der Waals surface area contributed by atoms with Crippen LogP contribution in [0.3, 0.4) is 0 Å². The van der Waals surface area contributed by atoms with Gasteiger partial charge in [0.05, 0.1) is 18.3 Å². The molecule has 2 saturated heterocycles. The maximum Gasteiger partial charge on any atom is 0.251 e. The first-order chi connectivity index (χ1) is 12.2. The third kappa shape index (κ3) is 3.87. The number of pyridine rings is 1. The number of carbonyl (C=O) groups is 1. The lowest BCUT2D eigenvalue weighted by Gasteiger charge is -2.38. The van der Waals surface area contributed by atoms with Crippen LogP contribution < -0.4 is 0 Å². The number of nitrogens with zero attached hydrogens (tertiary/aromatic N) is 3. The molecular formula is C20H29N3O2. The number of likely N-dealkylation sites (N-methyl/N-ethyl adjacent to an activating group) is 1. The maximum absolute atomic E-state index is 12.8. The number of carbonyl (C=O) groups excluding carboxylic acids is 1. The van der Waals surface area contributed by atoms with Gasteiger partial charge in [0.15, 0.2) is 0 Å². The van der Waals surface area contributed by atoms with Gasteiger partial charge in [-0.25, -0.2) is 0 Å². The zero-order chi connectivity index (χ0) is 17.2. The van der Waals surface area contributed by atoms with Crippen molar-refractivity contribution < 1.29 is 9.53 Å². The van der Waals surface area contributed by atoms with Gasteiger partial charge in [-0.2, -0.15) is 0 Å². The molecule has 3 fully saturated rings. The molecule has 0 spiro atoms. The van der Waals surface area contributed by atoms with E-state index in [0.29, 0.717) is 12.5 Å². The number of hydrogen-bond donors (Lipinski definition) is 0. The number of hydrogen-bond acceptors (Lipinski definition) is 4. The topological polar surface area (TPSA) is 45.7 Å². The van der Waals surface area contributed by atoms with Crippen LogP contribution in [0.2, 0.25) is 0 Å². The lowest BCUT2D eigenvalue weighted by molar-refractivity contribution is -0.143. The molecule has 0 radical (unpaired) electrons. The third-order valence-corrected chi connectivity index (χ3v) is 6.15. The van der Waals surface area contributed by atoms with E-state index in [9.17, 15) is 4.79 Å². The van der Waals surface area contributed by atoms with Crippen LogP contribution in [0.15, 0.2) is 24.4 Å². The minimum absolute atomic E-state index is 0.102. The molecule has 1 aromatic rings. The quantitative estimate of drug-likeness (QED) is 0.823. The van der Waals surface area contributed by atoms with Gasteiger partial charge in [0.1, 0.15) is 6.10 Å². The van der Waals surface area contributed by atoms with E-state index in [1.807, 2.05) is 25.2 Å². The number of amides is 1. The molecule has 2 aliphatic heterocycles. The molecule has 3 aliphatic rings. The highest BCUT2D eigenvalue weighted by Gasteiger charge is 2.43. The van der Waals surface area contributed by atoms with Crippen LogP contribution in [0.4, 0.5) is 0 Å². The van der Waals surface area contributed by atoms with Crippen molar-refractivity contribution >= 4 is 5.91 Å². The monoisotopic (exact) mass is 343 g/mol. The summed E-state index contributed by atoms with van der Waals surface area (Å²) in [6, 6.07) is 5.81. The van der Waals surface area contributed by atoms with Crippen molar-refractivity contribution in [2.24, 2.45) is 11.8 Å². The Kier molecular flexibility index (Phi) is 5.04. The van der Waals surface area contributed by atoms with Gasteiger partial charge in [-0.05, 0) is 56.2 Å². The van der Waals surface area contributed by atoms with Gasteiger partial charge < -0.3 is 14.5 Å². The van der Waals surface area contributed by atoms with Crippen molar-refractivity contribution in [2.75, 3.05) is 26.7 Å². The fourth-order valence-corrected chi connectivity index (χ4v) is 4.42. The van der Waals surface area contributed by atoms with Crippen molar-refractivity contribution in [3.8, 4) is 0 Å². The summed E-state index contributed by atoms with van der Waals surface area (Å²) in [5.41, 5.74) is 0.917. The molecule has 5 heteroatoms. The van der Waals surface area contributed by atoms with Crippen LogP contribution in [-0.2, 0) is 16.1 Å². The molecular weight excluding hydrogens is 314 g/mol. The van der Waals surface area contributed by atoms with Crippen LogP contribution in [0.5, 0.6) is 0 Å².